The average Bonchev–Trinajstić information content (AvgIpc) is 2.49. The van der Waals surface area contributed by atoms with Crippen molar-refractivity contribution >= 4 is 0 Å². The van der Waals surface area contributed by atoms with Gasteiger partial charge in [-0.3, -0.25) is 9.78 Å². The number of nitrogens with zero attached hydrogens (tertiary/aromatic N) is 2. The minimum atomic E-state index is -0.203. The van der Waals surface area contributed by atoms with Crippen molar-refractivity contribution in [2.45, 2.75) is 0 Å². The summed E-state index contributed by atoms with van der Waals surface area (Å²) in [5.41, 5.74) is 2.64. The van der Waals surface area contributed by atoms with Gasteiger partial charge < -0.3 is 0 Å². The first-order valence-electron chi connectivity index (χ1n) is 5.91. The van der Waals surface area contributed by atoms with Crippen LogP contribution in [0.5, 0.6) is 0 Å². The zero-order valence-corrected chi connectivity index (χ0v) is 10.1. The fraction of sp³-hybridized carbons (Fsp3) is 0. The van der Waals surface area contributed by atoms with E-state index in [4.69, 9.17) is 0 Å². The van der Waals surface area contributed by atoms with Crippen molar-refractivity contribution < 1.29 is 0 Å². The molecule has 0 spiro atoms. The third kappa shape index (κ3) is 2.28. The molecule has 0 aliphatic rings. The highest BCUT2D eigenvalue weighted by Gasteiger charge is 2.07. The highest BCUT2D eigenvalue weighted by molar-refractivity contribution is 5.67. The van der Waals surface area contributed by atoms with Crippen molar-refractivity contribution in [1.29, 1.82) is 0 Å². The Morgan fingerprint density at radius 3 is 2.42 bits per heavy atom. The lowest BCUT2D eigenvalue weighted by Crippen LogP contribution is -2.11. The maximum absolute atomic E-state index is 11.9. The molecule has 2 heterocycles. The fourth-order valence-electron chi connectivity index (χ4n) is 1.88. The molecule has 0 atom stereocenters. The molecular formula is C15H11N3O. The minimum absolute atomic E-state index is 0.203. The molecule has 4 heteroatoms. The predicted octanol–water partition coefficient (Wildman–Crippen LogP) is 2.50. The van der Waals surface area contributed by atoms with E-state index in [2.05, 4.69) is 15.2 Å². The number of hydrogen-bond acceptors (Lipinski definition) is 3. The highest BCUT2D eigenvalue weighted by atomic mass is 16.1. The number of H-pyrrole nitrogens is 1. The second-order valence-corrected chi connectivity index (χ2v) is 4.08. The van der Waals surface area contributed by atoms with E-state index in [0.29, 0.717) is 11.3 Å². The third-order valence-electron chi connectivity index (χ3n) is 2.82. The van der Waals surface area contributed by atoms with Crippen LogP contribution in [0.2, 0.25) is 0 Å². The van der Waals surface area contributed by atoms with E-state index in [1.165, 1.54) is 0 Å². The van der Waals surface area contributed by atoms with E-state index in [9.17, 15) is 4.79 Å². The van der Waals surface area contributed by atoms with Crippen LogP contribution in [-0.4, -0.2) is 15.2 Å². The summed E-state index contributed by atoms with van der Waals surface area (Å²) >= 11 is 0. The molecule has 3 rings (SSSR count). The monoisotopic (exact) mass is 249 g/mol. The Morgan fingerprint density at radius 2 is 1.68 bits per heavy atom. The molecule has 3 aromatic rings. The summed E-state index contributed by atoms with van der Waals surface area (Å²) in [6.45, 7) is 0. The molecule has 0 radical (unpaired) electrons. The number of rotatable bonds is 2. The van der Waals surface area contributed by atoms with Crippen LogP contribution in [0.3, 0.4) is 0 Å². The molecule has 0 unspecified atom stereocenters. The van der Waals surface area contributed by atoms with Crippen LogP contribution < -0.4 is 5.56 Å². The van der Waals surface area contributed by atoms with Crippen LogP contribution in [0.1, 0.15) is 0 Å². The molecule has 0 saturated carbocycles. The van der Waals surface area contributed by atoms with Gasteiger partial charge in [0.25, 0.3) is 5.56 Å². The van der Waals surface area contributed by atoms with Crippen molar-refractivity contribution in [1.82, 2.24) is 15.2 Å². The van der Waals surface area contributed by atoms with Crippen molar-refractivity contribution in [2.24, 2.45) is 0 Å². The quantitative estimate of drug-likeness (QED) is 0.759. The van der Waals surface area contributed by atoms with Gasteiger partial charge in [0, 0.05) is 6.20 Å². The molecule has 1 N–H and O–H groups in total. The second kappa shape index (κ2) is 4.86. The van der Waals surface area contributed by atoms with Gasteiger partial charge in [-0.1, -0.05) is 36.4 Å². The number of hydrogen-bond donors (Lipinski definition) is 1. The molecule has 1 aromatic carbocycles. The lowest BCUT2D eigenvalue weighted by molar-refractivity contribution is 0.991. The topological polar surface area (TPSA) is 58.6 Å². The molecule has 0 amide bonds. The predicted molar refractivity (Wildman–Crippen MR) is 73.5 cm³/mol. The Kier molecular flexibility index (Phi) is 2.90. The second-order valence-electron chi connectivity index (χ2n) is 4.08. The molecule has 19 heavy (non-hydrogen) atoms. The SMILES string of the molecule is O=c1[nH]nc(-c2ccccn2)cc1-c1ccccc1. The Labute approximate surface area is 109 Å². The van der Waals surface area contributed by atoms with Crippen LogP contribution in [0.4, 0.5) is 0 Å². The summed E-state index contributed by atoms with van der Waals surface area (Å²) in [5.74, 6) is 0. The number of benzene rings is 1. The molecule has 2 aromatic heterocycles. The maximum atomic E-state index is 11.9. The Morgan fingerprint density at radius 1 is 0.895 bits per heavy atom. The molecule has 0 saturated heterocycles. The van der Waals surface area contributed by atoms with Gasteiger partial charge in [-0.25, -0.2) is 5.10 Å². The Hall–Kier alpha value is -2.75. The van der Waals surface area contributed by atoms with Crippen molar-refractivity contribution in [3.05, 3.63) is 71.1 Å². The lowest BCUT2D eigenvalue weighted by Gasteiger charge is -2.03. The van der Waals surface area contributed by atoms with Gasteiger partial charge in [0.05, 0.1) is 11.3 Å². The number of aromatic nitrogens is 3. The van der Waals surface area contributed by atoms with Crippen molar-refractivity contribution in [3.8, 4) is 22.5 Å². The van der Waals surface area contributed by atoms with Gasteiger partial charge in [0.1, 0.15) is 5.69 Å². The van der Waals surface area contributed by atoms with E-state index in [-0.39, 0.29) is 5.56 Å². The van der Waals surface area contributed by atoms with Gasteiger partial charge in [0.15, 0.2) is 0 Å². The first-order valence-corrected chi connectivity index (χ1v) is 5.91. The molecule has 0 aliphatic heterocycles. The van der Waals surface area contributed by atoms with E-state index in [0.717, 1.165) is 11.3 Å². The Bertz CT molecular complexity index is 736. The smallest absolute Gasteiger partial charge is 0.267 e. The van der Waals surface area contributed by atoms with Gasteiger partial charge >= 0.3 is 0 Å². The molecule has 92 valence electrons. The number of pyridine rings is 1. The molecular weight excluding hydrogens is 238 g/mol. The summed E-state index contributed by atoms with van der Waals surface area (Å²) < 4.78 is 0. The molecule has 0 aliphatic carbocycles. The van der Waals surface area contributed by atoms with Crippen molar-refractivity contribution in [2.75, 3.05) is 0 Å². The van der Waals surface area contributed by atoms with Crippen LogP contribution in [0.15, 0.2) is 65.6 Å². The standard InChI is InChI=1S/C15H11N3O/c19-15-12(11-6-2-1-3-7-11)10-14(17-18-15)13-8-4-5-9-16-13/h1-10H,(H,18,19). The largest absolute Gasteiger partial charge is 0.272 e. The first kappa shape index (κ1) is 11.3. The van der Waals surface area contributed by atoms with Crippen molar-refractivity contribution in [3.63, 3.8) is 0 Å². The van der Waals surface area contributed by atoms with Crippen LogP contribution in [0, 0.1) is 0 Å². The first-order chi connectivity index (χ1) is 9.34. The third-order valence-corrected chi connectivity index (χ3v) is 2.82. The molecule has 4 nitrogen and oxygen atoms in total. The van der Waals surface area contributed by atoms with Gasteiger partial charge in [-0.15, -0.1) is 0 Å². The van der Waals surface area contributed by atoms with Gasteiger partial charge in [0.2, 0.25) is 0 Å². The fourth-order valence-corrected chi connectivity index (χ4v) is 1.88. The summed E-state index contributed by atoms with van der Waals surface area (Å²) in [6.07, 6.45) is 1.70. The van der Waals surface area contributed by atoms with E-state index >= 15 is 0 Å². The molecule has 0 fully saturated rings. The zero-order chi connectivity index (χ0) is 13.1. The van der Waals surface area contributed by atoms with Gasteiger partial charge in [-0.05, 0) is 23.8 Å². The maximum Gasteiger partial charge on any atom is 0.272 e. The summed E-state index contributed by atoms with van der Waals surface area (Å²) in [4.78, 5) is 16.1. The van der Waals surface area contributed by atoms with E-state index in [1.807, 2.05) is 48.5 Å². The van der Waals surface area contributed by atoms with Crippen LogP contribution in [0.25, 0.3) is 22.5 Å². The summed E-state index contributed by atoms with van der Waals surface area (Å²) in [6, 6.07) is 16.8. The van der Waals surface area contributed by atoms with Crippen LogP contribution >= 0.6 is 0 Å². The summed E-state index contributed by atoms with van der Waals surface area (Å²) in [5, 5.41) is 6.55. The number of aromatic amines is 1. The minimum Gasteiger partial charge on any atom is -0.267 e. The van der Waals surface area contributed by atoms with Gasteiger partial charge in [-0.2, -0.15) is 5.10 Å². The lowest BCUT2D eigenvalue weighted by atomic mass is 10.1. The summed E-state index contributed by atoms with van der Waals surface area (Å²) in [7, 11) is 0. The molecule has 0 bridgehead atoms. The normalized spacial score (nSPS) is 10.3. The van der Waals surface area contributed by atoms with Crippen LogP contribution in [-0.2, 0) is 0 Å². The highest BCUT2D eigenvalue weighted by Crippen LogP contribution is 2.19. The number of nitrogens with one attached hydrogen (secondary N) is 1. The van der Waals surface area contributed by atoms with E-state index in [1.54, 1.807) is 12.3 Å². The Balaban J connectivity index is 2.15. The average molecular weight is 249 g/mol. The zero-order valence-electron chi connectivity index (χ0n) is 10.1. The van der Waals surface area contributed by atoms with E-state index < -0.39 is 0 Å².